The van der Waals surface area contributed by atoms with Crippen LogP contribution in [-0.4, -0.2) is 40.5 Å². The second-order valence-electron chi connectivity index (χ2n) is 6.63. The highest BCUT2D eigenvalue weighted by Gasteiger charge is 2.30. The van der Waals surface area contributed by atoms with Crippen molar-refractivity contribution in [1.29, 1.82) is 0 Å². The third-order valence-electron chi connectivity index (χ3n) is 3.75. The van der Waals surface area contributed by atoms with Crippen LogP contribution in [0.2, 0.25) is 0 Å². The van der Waals surface area contributed by atoms with Gasteiger partial charge in [0.1, 0.15) is 0 Å². The van der Waals surface area contributed by atoms with Crippen molar-refractivity contribution in [1.82, 2.24) is 5.32 Å². The van der Waals surface area contributed by atoms with Gasteiger partial charge in [0.2, 0.25) is 6.61 Å². The van der Waals surface area contributed by atoms with E-state index in [0.717, 1.165) is 25.7 Å². The first-order valence-corrected chi connectivity index (χ1v) is 7.48. The molecule has 0 unspecified atom stereocenters. The molecule has 5 nitrogen and oxygen atoms in total. The highest BCUT2D eigenvalue weighted by atomic mass is 16.5. The molecule has 1 aliphatic carbocycles. The molecule has 0 aromatic heterocycles. The zero-order valence-electron chi connectivity index (χ0n) is 12.8. The predicted molar refractivity (Wildman–Crippen MR) is 77.5 cm³/mol. The van der Waals surface area contributed by atoms with Crippen molar-refractivity contribution in [2.75, 3.05) is 13.2 Å². The minimum atomic E-state index is -0.801. The van der Waals surface area contributed by atoms with E-state index in [2.05, 4.69) is 10.1 Å². The van der Waals surface area contributed by atoms with Gasteiger partial charge in [-0.15, -0.1) is 0 Å². The van der Waals surface area contributed by atoms with Crippen molar-refractivity contribution in [3.05, 3.63) is 0 Å². The second kappa shape index (κ2) is 7.62. The van der Waals surface area contributed by atoms with Gasteiger partial charge >= 0.3 is 5.97 Å². The van der Waals surface area contributed by atoms with Crippen LogP contribution in [0.15, 0.2) is 0 Å². The van der Waals surface area contributed by atoms with Crippen molar-refractivity contribution in [3.8, 4) is 0 Å². The van der Waals surface area contributed by atoms with Crippen molar-refractivity contribution in [3.63, 3.8) is 0 Å². The van der Waals surface area contributed by atoms with E-state index in [9.17, 15) is 14.7 Å². The van der Waals surface area contributed by atoms with E-state index in [0.29, 0.717) is 0 Å². The van der Waals surface area contributed by atoms with Gasteiger partial charge in [-0.25, -0.2) is 0 Å². The van der Waals surface area contributed by atoms with Crippen molar-refractivity contribution in [2.45, 2.75) is 58.5 Å². The molecular formula is C15H28NO4+. The molecule has 1 amide bonds. The number of aliphatic hydroxyl groups is 2. The van der Waals surface area contributed by atoms with Crippen LogP contribution in [0.4, 0.5) is 0 Å². The van der Waals surface area contributed by atoms with Gasteiger partial charge in [0.05, 0.1) is 5.92 Å². The Balaban J connectivity index is 2.38. The summed E-state index contributed by atoms with van der Waals surface area (Å²) < 4.78 is 4.23. The zero-order chi connectivity index (χ0) is 15.2. The molecule has 5 heteroatoms. The number of ether oxygens (including phenoxy) is 1. The van der Waals surface area contributed by atoms with Crippen LogP contribution in [0, 0.1) is 11.8 Å². The Kier molecular flexibility index (Phi) is 6.46. The number of hydrogen-bond acceptors (Lipinski definition) is 2. The van der Waals surface area contributed by atoms with Crippen LogP contribution < -0.4 is 5.32 Å². The molecule has 116 valence electrons. The van der Waals surface area contributed by atoms with Crippen LogP contribution in [0.5, 0.6) is 0 Å². The fraction of sp³-hybridized carbons (Fsp3) is 0.867. The third-order valence-corrected chi connectivity index (χ3v) is 3.75. The molecule has 3 N–H and O–H groups in total. The molecule has 0 saturated heterocycles. The minimum Gasteiger partial charge on any atom is -0.481 e. The van der Waals surface area contributed by atoms with Crippen molar-refractivity contribution in [2.24, 2.45) is 11.8 Å². The molecule has 1 aliphatic rings. The number of carbonyl (C=O) groups excluding carboxylic acids is 1. The van der Waals surface area contributed by atoms with E-state index in [4.69, 9.17) is 0 Å². The Morgan fingerprint density at radius 3 is 2.35 bits per heavy atom. The van der Waals surface area contributed by atoms with E-state index in [1.54, 1.807) is 0 Å². The number of carbonyl (C=O) groups is 2. The summed E-state index contributed by atoms with van der Waals surface area (Å²) in [5.74, 6) is -1.26. The first-order valence-electron chi connectivity index (χ1n) is 7.48. The lowest BCUT2D eigenvalue weighted by Crippen LogP contribution is -2.41. The molecule has 0 radical (unpaired) electrons. The Bertz CT molecular complexity index is 329. The monoisotopic (exact) mass is 286 g/mol. The molecule has 0 heterocycles. The summed E-state index contributed by atoms with van der Waals surface area (Å²) in [4.78, 5) is 23.1. The van der Waals surface area contributed by atoms with Gasteiger partial charge in [-0.05, 0) is 18.8 Å². The molecule has 0 bridgehead atoms. The van der Waals surface area contributed by atoms with Gasteiger partial charge in [0, 0.05) is 27.3 Å². The summed E-state index contributed by atoms with van der Waals surface area (Å²) in [6.07, 6.45) is 5.31. The van der Waals surface area contributed by atoms with Gasteiger partial charge < -0.3 is 15.2 Å². The zero-order valence-corrected chi connectivity index (χ0v) is 12.8. The van der Waals surface area contributed by atoms with Crippen LogP contribution in [-0.2, 0) is 9.59 Å². The first kappa shape index (κ1) is 17.0. The number of carboxylic acid groups (broad SMARTS) is 1. The number of amides is 1. The summed E-state index contributed by atoms with van der Waals surface area (Å²) in [5.41, 5.74) is -0.243. The van der Waals surface area contributed by atoms with Crippen LogP contribution in [0.3, 0.4) is 0 Å². The van der Waals surface area contributed by atoms with Crippen LogP contribution >= 0.6 is 0 Å². The standard InChI is InChI=1S/C15H27NO4/c1-15(2,3)20-10-13(17)16-9-12(14(18)19)11-7-5-4-6-8-11/h11-12H,4-10H2,1-3H3,(H,16,17)(H,18,19)/p+1/t12-/m0/s1. The molecule has 1 atom stereocenters. The lowest BCUT2D eigenvalue weighted by Gasteiger charge is -2.27. The fourth-order valence-electron chi connectivity index (χ4n) is 2.58. The summed E-state index contributed by atoms with van der Waals surface area (Å²) in [6, 6.07) is 0. The Labute approximate surface area is 121 Å². The summed E-state index contributed by atoms with van der Waals surface area (Å²) >= 11 is 0. The highest BCUT2D eigenvalue weighted by molar-refractivity contribution is 5.78. The molecular weight excluding hydrogens is 258 g/mol. The Morgan fingerprint density at radius 1 is 1.25 bits per heavy atom. The van der Waals surface area contributed by atoms with Crippen molar-refractivity contribution < 1.29 is 19.4 Å². The normalized spacial score (nSPS) is 18.6. The van der Waals surface area contributed by atoms with Gasteiger partial charge in [0.25, 0.3) is 5.91 Å². The molecule has 20 heavy (non-hydrogen) atoms. The molecule has 1 rings (SSSR count). The van der Waals surface area contributed by atoms with E-state index in [1.165, 1.54) is 6.42 Å². The van der Waals surface area contributed by atoms with Crippen molar-refractivity contribution >= 4 is 11.9 Å². The first-order chi connectivity index (χ1) is 9.29. The van der Waals surface area contributed by atoms with Gasteiger partial charge in [-0.1, -0.05) is 19.3 Å². The third kappa shape index (κ3) is 6.37. The smallest absolute Gasteiger partial charge is 0.308 e. The lowest BCUT2D eigenvalue weighted by atomic mass is 9.80. The highest BCUT2D eigenvalue weighted by Crippen LogP contribution is 2.29. The van der Waals surface area contributed by atoms with E-state index >= 15 is 0 Å². The van der Waals surface area contributed by atoms with Crippen LogP contribution in [0.25, 0.3) is 0 Å². The average Bonchev–Trinajstić information content (AvgIpc) is 2.36. The maximum absolute atomic E-state index is 11.7. The number of carboxylic acids is 1. The lowest BCUT2D eigenvalue weighted by molar-refractivity contribution is -0.169. The molecule has 0 aromatic carbocycles. The summed E-state index contributed by atoms with van der Waals surface area (Å²) in [5, 5.41) is 12.0. The average molecular weight is 286 g/mol. The van der Waals surface area contributed by atoms with E-state index < -0.39 is 11.9 Å². The number of aliphatic carboxylic acids is 1. The number of nitrogens with one attached hydrogen (secondary N) is 1. The minimum absolute atomic E-state index is 0.0977. The number of rotatable bonds is 6. The van der Waals surface area contributed by atoms with Crippen LogP contribution in [0.1, 0.15) is 52.9 Å². The second-order valence-corrected chi connectivity index (χ2v) is 6.63. The van der Waals surface area contributed by atoms with Gasteiger partial charge in [-0.2, -0.15) is 0 Å². The molecule has 0 spiro atoms. The molecule has 0 aromatic rings. The summed E-state index contributed by atoms with van der Waals surface area (Å²) in [7, 11) is 0. The molecule has 0 aliphatic heterocycles. The van der Waals surface area contributed by atoms with E-state index in [1.807, 2.05) is 20.8 Å². The van der Waals surface area contributed by atoms with Gasteiger partial charge in [-0.3, -0.25) is 9.59 Å². The maximum Gasteiger partial charge on any atom is 0.308 e. The predicted octanol–water partition coefficient (Wildman–Crippen LogP) is 1.71. The Hall–Kier alpha value is -1.10. The maximum atomic E-state index is 11.7. The fourth-order valence-corrected chi connectivity index (χ4v) is 2.58. The molecule has 1 fully saturated rings. The van der Waals surface area contributed by atoms with E-state index in [-0.39, 0.29) is 30.6 Å². The quantitative estimate of drug-likeness (QED) is 0.730. The SMILES string of the molecule is CC(C)(C)[OH+]CC(=O)NC[C@H](C(=O)O)C1CCCCC1. The molecule has 1 saturated carbocycles. The van der Waals surface area contributed by atoms with Gasteiger partial charge in [0.15, 0.2) is 5.60 Å². The topological polar surface area (TPSA) is 79.2 Å². The summed E-state index contributed by atoms with van der Waals surface area (Å²) in [6.45, 7) is 6.12. The Morgan fingerprint density at radius 2 is 1.85 bits per heavy atom. The number of hydrogen-bond donors (Lipinski definition) is 2. The largest absolute Gasteiger partial charge is 0.481 e.